The van der Waals surface area contributed by atoms with E-state index >= 15 is 0 Å². The van der Waals surface area contributed by atoms with Crippen molar-refractivity contribution < 1.29 is 55.5 Å². The van der Waals surface area contributed by atoms with Gasteiger partial charge in [-0.05, 0) is 74.3 Å². The lowest BCUT2D eigenvalue weighted by Gasteiger charge is -2.14. The SMILES string of the molecule is O=C(Nc1ccc(C(F)(F)F)cc1[N+](=O)[O-])c1cc(C(=O)Nc2ccc(C(F)(F)F)cc2[N+](=O)[O-])cc(C(=O)Nc2c(Br)cc([N+](=O)[O-])cc2Br)c1. The number of nitro benzene ring substituents is 3. The number of anilines is 3. The Labute approximate surface area is 300 Å². The molecule has 0 bridgehead atoms. The van der Waals surface area contributed by atoms with Crippen LogP contribution in [-0.2, 0) is 12.4 Å². The Hall–Kier alpha value is -5.97. The van der Waals surface area contributed by atoms with Crippen molar-refractivity contribution in [2.75, 3.05) is 16.0 Å². The van der Waals surface area contributed by atoms with Crippen molar-refractivity contribution in [2.45, 2.75) is 12.4 Å². The minimum Gasteiger partial charge on any atom is -0.320 e. The van der Waals surface area contributed by atoms with E-state index in [9.17, 15) is 71.1 Å². The Bertz CT molecular complexity index is 2070. The van der Waals surface area contributed by atoms with Gasteiger partial charge in [-0.15, -0.1) is 0 Å². The van der Waals surface area contributed by atoms with E-state index in [2.05, 4.69) is 37.2 Å². The summed E-state index contributed by atoms with van der Waals surface area (Å²) in [5.41, 5.74) is -8.95. The van der Waals surface area contributed by atoms with Crippen molar-refractivity contribution in [2.24, 2.45) is 0 Å². The van der Waals surface area contributed by atoms with Crippen LogP contribution in [0.1, 0.15) is 42.2 Å². The van der Waals surface area contributed by atoms with Gasteiger partial charge < -0.3 is 16.0 Å². The molecule has 0 saturated carbocycles. The topological polar surface area (TPSA) is 217 Å². The summed E-state index contributed by atoms with van der Waals surface area (Å²) in [4.78, 5) is 71.2. The smallest absolute Gasteiger partial charge is 0.320 e. The Morgan fingerprint density at radius 2 is 0.885 bits per heavy atom. The lowest BCUT2D eigenvalue weighted by molar-refractivity contribution is -0.385. The summed E-state index contributed by atoms with van der Waals surface area (Å²) in [7, 11) is 0. The molecule has 0 aliphatic carbocycles. The zero-order valence-corrected chi connectivity index (χ0v) is 28.1. The number of nitrogens with one attached hydrogen (secondary N) is 3. The van der Waals surface area contributed by atoms with Crippen LogP contribution in [0.5, 0.6) is 0 Å². The summed E-state index contributed by atoms with van der Waals surface area (Å²) < 4.78 is 79.1. The molecule has 3 N–H and O–H groups in total. The van der Waals surface area contributed by atoms with Crippen molar-refractivity contribution in [1.29, 1.82) is 0 Å². The number of alkyl halides is 6. The van der Waals surface area contributed by atoms with E-state index in [1.807, 2.05) is 10.6 Å². The molecule has 0 aliphatic rings. The van der Waals surface area contributed by atoms with Crippen molar-refractivity contribution in [3.05, 3.63) is 134 Å². The maximum atomic E-state index is 13.4. The highest BCUT2D eigenvalue weighted by molar-refractivity contribution is 9.11. The molecule has 15 nitrogen and oxygen atoms in total. The number of carbonyl (C=O) groups is 3. The minimum absolute atomic E-state index is 0.0157. The fraction of sp³-hybridized carbons (Fsp3) is 0.0690. The van der Waals surface area contributed by atoms with Gasteiger partial charge in [0.2, 0.25) is 0 Å². The van der Waals surface area contributed by atoms with Crippen molar-refractivity contribution >= 4 is 83.7 Å². The summed E-state index contributed by atoms with van der Waals surface area (Å²) in [6.45, 7) is 0. The van der Waals surface area contributed by atoms with E-state index in [1.165, 1.54) is 0 Å². The predicted molar refractivity (Wildman–Crippen MR) is 175 cm³/mol. The first-order chi connectivity index (χ1) is 24.1. The fourth-order valence-electron chi connectivity index (χ4n) is 4.31. The maximum absolute atomic E-state index is 13.4. The first kappa shape index (κ1) is 38.8. The minimum atomic E-state index is -4.99. The average Bonchev–Trinajstić information content (AvgIpc) is 3.04. The standard InChI is InChI=1S/C29H14Br2F6N6O9/c30-18-10-17(41(47)48)11-19(31)24(18)40-27(46)14-6-12(25(44)38-20-3-1-15(28(32,33)34)8-22(20)42(49)50)5-13(7-14)26(45)39-21-4-2-16(29(35,36)37)9-23(21)43(51)52/h1-11H,(H,38,44)(H,39,45)(H,40,46). The lowest BCUT2D eigenvalue weighted by atomic mass is 10.0. The molecule has 4 aromatic carbocycles. The van der Waals surface area contributed by atoms with E-state index in [1.54, 1.807) is 0 Å². The van der Waals surface area contributed by atoms with Crippen LogP contribution in [-0.4, -0.2) is 32.5 Å². The van der Waals surface area contributed by atoms with Gasteiger partial charge in [-0.1, -0.05) is 0 Å². The summed E-state index contributed by atoms with van der Waals surface area (Å²) >= 11 is 6.12. The quantitative estimate of drug-likeness (QED) is 0.0831. The van der Waals surface area contributed by atoms with Crippen LogP contribution in [0.2, 0.25) is 0 Å². The number of carbonyl (C=O) groups excluding carboxylic acids is 3. The molecule has 270 valence electrons. The fourth-order valence-corrected chi connectivity index (χ4v) is 5.67. The molecule has 3 amide bonds. The normalized spacial score (nSPS) is 11.4. The van der Waals surface area contributed by atoms with Crippen LogP contribution in [0.3, 0.4) is 0 Å². The molecule has 0 unspecified atom stereocenters. The molecule has 4 rings (SSSR count). The summed E-state index contributed by atoms with van der Waals surface area (Å²) in [5.74, 6) is -3.73. The summed E-state index contributed by atoms with van der Waals surface area (Å²) in [6, 6.07) is 6.82. The molecular weight excluding hydrogens is 850 g/mol. The third-order valence-corrected chi connectivity index (χ3v) is 7.99. The van der Waals surface area contributed by atoms with E-state index in [-0.39, 0.29) is 26.8 Å². The second kappa shape index (κ2) is 14.7. The second-order valence-corrected chi connectivity index (χ2v) is 11.9. The van der Waals surface area contributed by atoms with Crippen LogP contribution in [0.4, 0.5) is 60.5 Å². The molecule has 52 heavy (non-hydrogen) atoms. The number of nitrogens with zero attached hydrogens (tertiary/aromatic N) is 3. The van der Waals surface area contributed by atoms with Gasteiger partial charge in [-0.3, -0.25) is 44.7 Å². The number of rotatable bonds is 9. The Morgan fingerprint density at radius 1 is 0.538 bits per heavy atom. The monoisotopic (exact) mass is 862 g/mol. The predicted octanol–water partition coefficient (Wildman–Crippen LogP) is 8.73. The lowest BCUT2D eigenvalue weighted by Crippen LogP contribution is -2.20. The van der Waals surface area contributed by atoms with Gasteiger partial charge in [0.1, 0.15) is 11.4 Å². The number of benzene rings is 4. The Kier molecular flexibility index (Phi) is 11.0. The van der Waals surface area contributed by atoms with Crippen LogP contribution in [0, 0.1) is 30.3 Å². The van der Waals surface area contributed by atoms with Crippen LogP contribution < -0.4 is 16.0 Å². The number of halogens is 8. The van der Waals surface area contributed by atoms with E-state index in [0.717, 1.165) is 30.3 Å². The summed E-state index contributed by atoms with van der Waals surface area (Å²) in [5, 5.41) is 40.7. The average molecular weight is 864 g/mol. The number of non-ortho nitro benzene ring substituents is 1. The molecule has 23 heteroatoms. The van der Waals surface area contributed by atoms with Gasteiger partial charge in [0, 0.05) is 49.9 Å². The zero-order chi connectivity index (χ0) is 38.9. The summed E-state index contributed by atoms with van der Waals surface area (Å²) in [6.07, 6.45) is -9.99. The molecule has 0 aromatic heterocycles. The van der Waals surface area contributed by atoms with E-state index in [0.29, 0.717) is 24.3 Å². The first-order valence-corrected chi connectivity index (χ1v) is 15.1. The van der Waals surface area contributed by atoms with Gasteiger partial charge in [-0.25, -0.2) is 0 Å². The Morgan fingerprint density at radius 3 is 1.19 bits per heavy atom. The first-order valence-electron chi connectivity index (χ1n) is 13.5. The van der Waals surface area contributed by atoms with Crippen LogP contribution in [0.25, 0.3) is 0 Å². The van der Waals surface area contributed by atoms with Gasteiger partial charge >= 0.3 is 12.4 Å². The second-order valence-electron chi connectivity index (χ2n) is 10.2. The van der Waals surface area contributed by atoms with Crippen molar-refractivity contribution in [1.82, 2.24) is 0 Å². The molecule has 4 aromatic rings. The molecule has 0 fully saturated rings. The molecule has 0 heterocycles. The molecular formula is C29H14Br2F6N6O9. The number of hydrogen-bond acceptors (Lipinski definition) is 9. The highest BCUT2D eigenvalue weighted by Crippen LogP contribution is 2.38. The maximum Gasteiger partial charge on any atom is 0.416 e. The van der Waals surface area contributed by atoms with Crippen LogP contribution in [0.15, 0.2) is 75.7 Å². The van der Waals surface area contributed by atoms with Crippen LogP contribution >= 0.6 is 31.9 Å². The molecule has 0 atom stereocenters. The Balaban J connectivity index is 1.79. The third kappa shape index (κ3) is 8.84. The zero-order valence-electron chi connectivity index (χ0n) is 24.9. The molecule has 0 spiro atoms. The highest BCUT2D eigenvalue weighted by Gasteiger charge is 2.35. The van der Waals surface area contributed by atoms with Gasteiger partial charge in [0.15, 0.2) is 0 Å². The largest absolute Gasteiger partial charge is 0.416 e. The van der Waals surface area contributed by atoms with Crippen molar-refractivity contribution in [3.8, 4) is 0 Å². The van der Waals surface area contributed by atoms with E-state index < -0.39 is 101 Å². The van der Waals surface area contributed by atoms with Crippen molar-refractivity contribution in [3.63, 3.8) is 0 Å². The van der Waals surface area contributed by atoms with E-state index in [4.69, 9.17) is 0 Å². The van der Waals surface area contributed by atoms with Gasteiger partial charge in [0.25, 0.3) is 34.8 Å². The molecule has 0 aliphatic heterocycles. The third-order valence-electron chi connectivity index (χ3n) is 6.74. The van der Waals surface area contributed by atoms with Gasteiger partial charge in [-0.2, -0.15) is 26.3 Å². The number of hydrogen-bond donors (Lipinski definition) is 3. The molecule has 0 saturated heterocycles. The number of nitro groups is 3. The van der Waals surface area contributed by atoms with Gasteiger partial charge in [0.05, 0.1) is 31.6 Å². The highest BCUT2D eigenvalue weighted by atomic mass is 79.9. The number of amides is 3. The molecule has 0 radical (unpaired) electrons.